The molecule has 3 fully saturated rings. The summed E-state index contributed by atoms with van der Waals surface area (Å²) < 4.78 is 5.52. The molecule has 3 saturated heterocycles. The van der Waals surface area contributed by atoms with Gasteiger partial charge >= 0.3 is 0 Å². The normalized spacial score (nSPS) is 32.7. The summed E-state index contributed by atoms with van der Waals surface area (Å²) in [4.78, 5) is 5.37. The van der Waals surface area contributed by atoms with Crippen molar-refractivity contribution < 1.29 is 4.74 Å². The number of aryl methyl sites for hydroxylation is 1. The van der Waals surface area contributed by atoms with Gasteiger partial charge in [0.05, 0.1) is 6.61 Å². The van der Waals surface area contributed by atoms with E-state index in [-0.39, 0.29) is 0 Å². The van der Waals surface area contributed by atoms with Gasteiger partial charge in [0, 0.05) is 45.9 Å². The predicted molar refractivity (Wildman–Crippen MR) is 88.8 cm³/mol. The van der Waals surface area contributed by atoms with Gasteiger partial charge in [-0.05, 0) is 36.7 Å². The van der Waals surface area contributed by atoms with Crippen LogP contribution in [-0.4, -0.2) is 55.7 Å². The minimum absolute atomic E-state index is 0.794. The van der Waals surface area contributed by atoms with E-state index in [2.05, 4.69) is 41.0 Å². The van der Waals surface area contributed by atoms with Crippen LogP contribution in [0.4, 0.5) is 0 Å². The molecule has 3 atom stereocenters. The zero-order chi connectivity index (χ0) is 14.9. The number of hydrogen-bond donors (Lipinski definition) is 0. The Labute approximate surface area is 134 Å². The van der Waals surface area contributed by atoms with Gasteiger partial charge in [0.1, 0.15) is 0 Å². The molecule has 0 radical (unpaired) electrons. The van der Waals surface area contributed by atoms with Crippen LogP contribution in [0.1, 0.15) is 17.5 Å². The largest absolute Gasteiger partial charge is 0.381 e. The fourth-order valence-electron chi connectivity index (χ4n) is 4.51. The number of ether oxygens (including phenoxy) is 1. The van der Waals surface area contributed by atoms with Crippen LogP contribution < -0.4 is 0 Å². The Bertz CT molecular complexity index is 481. The molecule has 4 rings (SSSR count). The fraction of sp³-hybridized carbons (Fsp3) is 0.684. The molecule has 1 aromatic rings. The average molecular weight is 300 g/mol. The Hall–Kier alpha value is -0.900. The Morgan fingerprint density at radius 3 is 2.32 bits per heavy atom. The van der Waals surface area contributed by atoms with E-state index in [0.717, 1.165) is 37.5 Å². The van der Waals surface area contributed by atoms with E-state index in [1.165, 1.54) is 50.3 Å². The van der Waals surface area contributed by atoms with Crippen molar-refractivity contribution in [2.45, 2.75) is 19.9 Å². The van der Waals surface area contributed by atoms with Crippen LogP contribution in [-0.2, 0) is 11.3 Å². The van der Waals surface area contributed by atoms with E-state index < -0.39 is 0 Å². The molecule has 0 aliphatic carbocycles. The monoisotopic (exact) mass is 300 g/mol. The van der Waals surface area contributed by atoms with Gasteiger partial charge in [0.2, 0.25) is 0 Å². The lowest BCUT2D eigenvalue weighted by molar-refractivity contribution is 0.169. The van der Waals surface area contributed by atoms with Crippen LogP contribution in [0.5, 0.6) is 0 Å². The summed E-state index contributed by atoms with van der Waals surface area (Å²) in [6, 6.07) is 9.04. The Balaban J connectivity index is 1.27. The first kappa shape index (κ1) is 14.7. The number of likely N-dealkylation sites (tertiary alicyclic amines) is 2. The number of rotatable bonds is 4. The molecule has 0 bridgehead atoms. The molecule has 3 heteroatoms. The topological polar surface area (TPSA) is 15.7 Å². The van der Waals surface area contributed by atoms with Gasteiger partial charge in [-0.15, -0.1) is 0 Å². The average Bonchev–Trinajstić information content (AvgIpc) is 3.18. The SMILES string of the molecule is Cc1ccc(CN2C[C@@H]3CN(CC4CCOC4)C[C@H]3C2)cc1. The second-order valence-corrected chi connectivity index (χ2v) is 7.65. The standard InChI is InChI=1S/C19H28N2O/c1-15-2-4-16(5-3-15)8-20-10-18-12-21(13-19(18)11-20)9-17-6-7-22-14-17/h2-5,17-19H,6-14H2,1H3/t17?,18-,19-/m1/s1. The smallest absolute Gasteiger partial charge is 0.0507 e. The molecule has 1 aromatic carbocycles. The highest BCUT2D eigenvalue weighted by Crippen LogP contribution is 2.32. The summed E-state index contributed by atoms with van der Waals surface area (Å²) in [6.07, 6.45) is 1.27. The summed E-state index contributed by atoms with van der Waals surface area (Å²) in [5, 5.41) is 0. The molecular formula is C19H28N2O. The summed E-state index contributed by atoms with van der Waals surface area (Å²) >= 11 is 0. The fourth-order valence-corrected chi connectivity index (χ4v) is 4.51. The number of nitrogens with zero attached hydrogens (tertiary/aromatic N) is 2. The van der Waals surface area contributed by atoms with E-state index in [1.807, 2.05) is 0 Å². The molecule has 3 heterocycles. The number of hydrogen-bond acceptors (Lipinski definition) is 3. The van der Waals surface area contributed by atoms with Gasteiger partial charge in [0.25, 0.3) is 0 Å². The van der Waals surface area contributed by atoms with Crippen molar-refractivity contribution in [1.29, 1.82) is 0 Å². The highest BCUT2D eigenvalue weighted by Gasteiger charge is 2.40. The molecule has 0 aromatic heterocycles. The van der Waals surface area contributed by atoms with Gasteiger partial charge in [-0.2, -0.15) is 0 Å². The highest BCUT2D eigenvalue weighted by atomic mass is 16.5. The van der Waals surface area contributed by atoms with E-state index in [9.17, 15) is 0 Å². The maximum atomic E-state index is 5.52. The summed E-state index contributed by atoms with van der Waals surface area (Å²) in [7, 11) is 0. The first-order valence-electron chi connectivity index (χ1n) is 8.84. The van der Waals surface area contributed by atoms with Crippen LogP contribution in [0.3, 0.4) is 0 Å². The maximum absolute atomic E-state index is 5.52. The quantitative estimate of drug-likeness (QED) is 0.849. The van der Waals surface area contributed by atoms with Crippen molar-refractivity contribution in [2.24, 2.45) is 17.8 Å². The van der Waals surface area contributed by atoms with E-state index in [0.29, 0.717) is 0 Å². The Morgan fingerprint density at radius 2 is 1.68 bits per heavy atom. The van der Waals surface area contributed by atoms with E-state index in [4.69, 9.17) is 4.74 Å². The summed E-state index contributed by atoms with van der Waals surface area (Å²) in [5.74, 6) is 2.59. The molecule has 0 saturated carbocycles. The van der Waals surface area contributed by atoms with Crippen molar-refractivity contribution >= 4 is 0 Å². The van der Waals surface area contributed by atoms with Crippen LogP contribution in [0, 0.1) is 24.7 Å². The lowest BCUT2D eigenvalue weighted by atomic mass is 10.0. The minimum atomic E-state index is 0.794. The third-order valence-corrected chi connectivity index (χ3v) is 5.70. The Morgan fingerprint density at radius 1 is 1.00 bits per heavy atom. The van der Waals surface area contributed by atoms with Crippen LogP contribution >= 0.6 is 0 Å². The van der Waals surface area contributed by atoms with Crippen molar-refractivity contribution in [1.82, 2.24) is 9.80 Å². The zero-order valence-corrected chi connectivity index (χ0v) is 13.7. The van der Waals surface area contributed by atoms with Crippen molar-refractivity contribution in [3.8, 4) is 0 Å². The third-order valence-electron chi connectivity index (χ3n) is 5.70. The molecule has 22 heavy (non-hydrogen) atoms. The van der Waals surface area contributed by atoms with Gasteiger partial charge in [-0.1, -0.05) is 29.8 Å². The molecular weight excluding hydrogens is 272 g/mol. The molecule has 1 unspecified atom stereocenters. The minimum Gasteiger partial charge on any atom is -0.381 e. The first-order valence-corrected chi connectivity index (χ1v) is 8.84. The predicted octanol–water partition coefficient (Wildman–Crippen LogP) is 2.40. The van der Waals surface area contributed by atoms with Gasteiger partial charge in [-0.25, -0.2) is 0 Å². The molecule has 120 valence electrons. The molecule has 0 spiro atoms. The molecule has 3 nitrogen and oxygen atoms in total. The van der Waals surface area contributed by atoms with Gasteiger partial charge in [-0.3, -0.25) is 4.90 Å². The number of fused-ring (bicyclic) bond motifs is 1. The second kappa shape index (κ2) is 6.31. The van der Waals surface area contributed by atoms with Crippen molar-refractivity contribution in [2.75, 3.05) is 45.9 Å². The Kier molecular flexibility index (Phi) is 4.21. The van der Waals surface area contributed by atoms with Crippen molar-refractivity contribution in [3.05, 3.63) is 35.4 Å². The summed E-state index contributed by atoms with van der Waals surface area (Å²) in [5.41, 5.74) is 2.82. The maximum Gasteiger partial charge on any atom is 0.0507 e. The molecule has 0 amide bonds. The van der Waals surface area contributed by atoms with Gasteiger partial charge < -0.3 is 9.64 Å². The van der Waals surface area contributed by atoms with Crippen molar-refractivity contribution in [3.63, 3.8) is 0 Å². The van der Waals surface area contributed by atoms with E-state index >= 15 is 0 Å². The van der Waals surface area contributed by atoms with Crippen LogP contribution in [0.25, 0.3) is 0 Å². The summed E-state index contributed by atoms with van der Waals surface area (Å²) in [6.45, 7) is 11.7. The third kappa shape index (κ3) is 3.22. The first-order chi connectivity index (χ1) is 10.8. The van der Waals surface area contributed by atoms with E-state index in [1.54, 1.807) is 0 Å². The zero-order valence-electron chi connectivity index (χ0n) is 13.7. The molecule has 0 N–H and O–H groups in total. The molecule has 3 aliphatic rings. The van der Waals surface area contributed by atoms with Crippen LogP contribution in [0.2, 0.25) is 0 Å². The molecule has 3 aliphatic heterocycles. The van der Waals surface area contributed by atoms with Crippen LogP contribution in [0.15, 0.2) is 24.3 Å². The second-order valence-electron chi connectivity index (χ2n) is 7.65. The number of benzene rings is 1. The lowest BCUT2D eigenvalue weighted by Gasteiger charge is -2.23. The lowest BCUT2D eigenvalue weighted by Crippen LogP contribution is -2.32. The van der Waals surface area contributed by atoms with Gasteiger partial charge in [0.15, 0.2) is 0 Å². The highest BCUT2D eigenvalue weighted by molar-refractivity contribution is 5.21.